The highest BCUT2D eigenvalue weighted by Crippen LogP contribution is 2.40. The molecule has 0 aliphatic heterocycles. The molecule has 0 saturated heterocycles. The summed E-state index contributed by atoms with van der Waals surface area (Å²) >= 11 is 6.89. The summed E-state index contributed by atoms with van der Waals surface area (Å²) < 4.78 is 4.98. The molecule has 1 unspecified atom stereocenters. The van der Waals surface area contributed by atoms with E-state index in [2.05, 4.69) is 17.6 Å². The topological polar surface area (TPSA) is 67.4 Å². The molecule has 1 aromatic rings. The number of carbonyl (C=O) groups is 2. The van der Waals surface area contributed by atoms with Gasteiger partial charge in [-0.05, 0) is 55.8 Å². The van der Waals surface area contributed by atoms with E-state index in [1.807, 2.05) is 0 Å². The van der Waals surface area contributed by atoms with Crippen LogP contribution in [0.1, 0.15) is 66.2 Å². The van der Waals surface area contributed by atoms with E-state index < -0.39 is 0 Å². The number of thiocarbonyl (C=S) groups is 1. The van der Waals surface area contributed by atoms with Crippen LogP contribution in [0.15, 0.2) is 0 Å². The Kier molecular flexibility index (Phi) is 6.29. The number of nitrogens with one attached hydrogen (secondary N) is 2. The van der Waals surface area contributed by atoms with Gasteiger partial charge in [0.2, 0.25) is 5.91 Å². The van der Waals surface area contributed by atoms with E-state index in [1.165, 1.54) is 18.4 Å². The number of hydrogen-bond donors (Lipinski definition) is 2. The van der Waals surface area contributed by atoms with Crippen molar-refractivity contribution in [2.45, 2.75) is 58.3 Å². The third kappa shape index (κ3) is 4.26. The Morgan fingerprint density at radius 3 is 2.62 bits per heavy atom. The molecule has 5 nitrogen and oxygen atoms in total. The van der Waals surface area contributed by atoms with Gasteiger partial charge < -0.3 is 15.4 Å². The maximum Gasteiger partial charge on any atom is 0.341 e. The number of carbonyl (C=O) groups excluding carboxylic acids is 2. The molecule has 0 spiro atoms. The summed E-state index contributed by atoms with van der Waals surface area (Å²) in [6.07, 6.45) is 8.15. The van der Waals surface area contributed by atoms with Crippen LogP contribution in [0.4, 0.5) is 5.00 Å². The van der Waals surface area contributed by atoms with Gasteiger partial charge in [-0.2, -0.15) is 0 Å². The smallest absolute Gasteiger partial charge is 0.341 e. The number of thiophene rings is 1. The highest BCUT2D eigenvalue weighted by molar-refractivity contribution is 7.80. The van der Waals surface area contributed by atoms with E-state index in [-0.39, 0.29) is 22.9 Å². The molecule has 0 bridgehead atoms. The lowest BCUT2D eigenvalue weighted by Crippen LogP contribution is -2.39. The van der Waals surface area contributed by atoms with Crippen LogP contribution >= 0.6 is 23.6 Å². The summed E-state index contributed by atoms with van der Waals surface area (Å²) in [6, 6.07) is 0. The number of rotatable bonds is 3. The number of hydrogen-bond acceptors (Lipinski definition) is 5. The van der Waals surface area contributed by atoms with Crippen molar-refractivity contribution >= 4 is 45.5 Å². The van der Waals surface area contributed by atoms with Gasteiger partial charge in [-0.3, -0.25) is 4.79 Å². The minimum Gasteiger partial charge on any atom is -0.465 e. The van der Waals surface area contributed by atoms with Gasteiger partial charge in [-0.1, -0.05) is 26.2 Å². The lowest BCUT2D eigenvalue weighted by molar-refractivity contribution is -0.124. The molecule has 1 saturated carbocycles. The fraction of sp³-hybridized carbons (Fsp3) is 0.632. The highest BCUT2D eigenvalue weighted by Gasteiger charge is 2.29. The van der Waals surface area contributed by atoms with E-state index in [9.17, 15) is 9.59 Å². The first-order valence-corrected chi connectivity index (χ1v) is 10.6. The summed E-state index contributed by atoms with van der Waals surface area (Å²) in [5.41, 5.74) is 1.65. The van der Waals surface area contributed by atoms with Gasteiger partial charge in [-0.15, -0.1) is 11.3 Å². The predicted octanol–water partition coefficient (Wildman–Crippen LogP) is 4.05. The monoisotopic (exact) mass is 394 g/mol. The number of amides is 1. The SMILES string of the molecule is COC(=O)c1c(NC(=S)NC(=O)C2CCCCC2)sc2c1CCC(C)C2. The Balaban J connectivity index is 1.73. The minimum atomic E-state index is -0.346. The maximum absolute atomic E-state index is 12.4. The Morgan fingerprint density at radius 2 is 1.92 bits per heavy atom. The summed E-state index contributed by atoms with van der Waals surface area (Å²) in [5.74, 6) is 0.288. The van der Waals surface area contributed by atoms with Crippen LogP contribution in [0, 0.1) is 11.8 Å². The van der Waals surface area contributed by atoms with Gasteiger partial charge in [0.25, 0.3) is 0 Å². The molecule has 2 aliphatic rings. The fourth-order valence-electron chi connectivity index (χ4n) is 3.87. The van der Waals surface area contributed by atoms with Crippen LogP contribution in [-0.2, 0) is 22.4 Å². The van der Waals surface area contributed by atoms with Gasteiger partial charge in [0.1, 0.15) is 5.00 Å². The molecule has 0 radical (unpaired) electrons. The molecule has 1 amide bonds. The lowest BCUT2D eigenvalue weighted by Gasteiger charge is -2.21. The molecule has 1 fully saturated rings. The van der Waals surface area contributed by atoms with Crippen molar-refractivity contribution in [2.75, 3.05) is 12.4 Å². The van der Waals surface area contributed by atoms with E-state index in [1.54, 1.807) is 11.3 Å². The van der Waals surface area contributed by atoms with Crippen molar-refractivity contribution in [1.29, 1.82) is 0 Å². The van der Waals surface area contributed by atoms with Crippen LogP contribution in [0.3, 0.4) is 0 Å². The van der Waals surface area contributed by atoms with Crippen molar-refractivity contribution in [3.63, 3.8) is 0 Å². The summed E-state index contributed by atoms with van der Waals surface area (Å²) in [6.45, 7) is 2.22. The lowest BCUT2D eigenvalue weighted by atomic mass is 9.88. The summed E-state index contributed by atoms with van der Waals surface area (Å²) in [4.78, 5) is 25.9. The van der Waals surface area contributed by atoms with E-state index in [4.69, 9.17) is 17.0 Å². The maximum atomic E-state index is 12.4. The van der Waals surface area contributed by atoms with Crippen molar-refractivity contribution in [3.05, 3.63) is 16.0 Å². The molecule has 2 aliphatic carbocycles. The van der Waals surface area contributed by atoms with Crippen LogP contribution in [-0.4, -0.2) is 24.1 Å². The third-order valence-corrected chi connectivity index (χ3v) is 6.71. The molecular formula is C19H26N2O3S2. The normalized spacial score (nSPS) is 20.2. The number of methoxy groups -OCH3 is 1. The molecule has 2 N–H and O–H groups in total. The number of ether oxygens (including phenoxy) is 1. The highest BCUT2D eigenvalue weighted by atomic mass is 32.1. The Morgan fingerprint density at radius 1 is 1.19 bits per heavy atom. The van der Waals surface area contributed by atoms with Gasteiger partial charge in [-0.25, -0.2) is 4.79 Å². The molecule has 7 heteroatoms. The van der Waals surface area contributed by atoms with Crippen molar-refractivity contribution in [3.8, 4) is 0 Å². The standard InChI is InChI=1S/C19H26N2O3S2/c1-11-8-9-13-14(10-11)26-17(15(13)18(23)24-2)21-19(25)20-16(22)12-6-4-3-5-7-12/h11-12H,3-10H2,1-2H3,(H2,20,21,22,25). The molecule has 1 atom stereocenters. The fourth-order valence-corrected chi connectivity index (χ4v) is 5.54. The van der Waals surface area contributed by atoms with E-state index in [0.29, 0.717) is 16.5 Å². The first kappa shape index (κ1) is 19.3. The van der Waals surface area contributed by atoms with Crippen molar-refractivity contribution < 1.29 is 14.3 Å². The third-order valence-electron chi connectivity index (χ3n) is 5.34. The van der Waals surface area contributed by atoms with Gasteiger partial charge in [0.15, 0.2) is 5.11 Å². The zero-order valence-electron chi connectivity index (χ0n) is 15.4. The average molecular weight is 395 g/mol. The van der Waals surface area contributed by atoms with E-state index in [0.717, 1.165) is 50.5 Å². The van der Waals surface area contributed by atoms with Gasteiger partial charge in [0.05, 0.1) is 12.7 Å². The van der Waals surface area contributed by atoms with Crippen molar-refractivity contribution in [1.82, 2.24) is 5.32 Å². The van der Waals surface area contributed by atoms with Crippen LogP contribution in [0.2, 0.25) is 0 Å². The zero-order chi connectivity index (χ0) is 18.7. The van der Waals surface area contributed by atoms with Crippen LogP contribution < -0.4 is 10.6 Å². The molecule has 142 valence electrons. The van der Waals surface area contributed by atoms with Gasteiger partial charge in [0, 0.05) is 10.8 Å². The van der Waals surface area contributed by atoms with Crippen LogP contribution in [0.25, 0.3) is 0 Å². The molecule has 26 heavy (non-hydrogen) atoms. The summed E-state index contributed by atoms with van der Waals surface area (Å²) in [5, 5.41) is 6.84. The summed E-state index contributed by atoms with van der Waals surface area (Å²) in [7, 11) is 1.39. The second kappa shape index (κ2) is 8.48. The molecule has 1 heterocycles. The van der Waals surface area contributed by atoms with Gasteiger partial charge >= 0.3 is 5.97 Å². The predicted molar refractivity (Wildman–Crippen MR) is 108 cm³/mol. The Hall–Kier alpha value is -1.47. The number of fused-ring (bicyclic) bond motifs is 1. The largest absolute Gasteiger partial charge is 0.465 e. The number of anilines is 1. The molecular weight excluding hydrogens is 368 g/mol. The average Bonchev–Trinajstić information content (AvgIpc) is 2.98. The Bertz CT molecular complexity index is 708. The van der Waals surface area contributed by atoms with Crippen LogP contribution in [0.5, 0.6) is 0 Å². The van der Waals surface area contributed by atoms with E-state index >= 15 is 0 Å². The van der Waals surface area contributed by atoms with Crippen molar-refractivity contribution in [2.24, 2.45) is 11.8 Å². The minimum absolute atomic E-state index is 0.0169. The quantitative estimate of drug-likeness (QED) is 0.598. The molecule has 3 rings (SSSR count). The first-order chi connectivity index (χ1) is 12.5. The second-order valence-electron chi connectivity index (χ2n) is 7.33. The zero-order valence-corrected chi connectivity index (χ0v) is 17.0. The Labute approximate surface area is 163 Å². The number of esters is 1. The second-order valence-corrected chi connectivity index (χ2v) is 8.84. The molecule has 0 aromatic carbocycles. The first-order valence-electron chi connectivity index (χ1n) is 9.34. The molecule has 1 aromatic heterocycles.